The average molecular weight is 491 g/mol. The Hall–Kier alpha value is -1.38. The van der Waals surface area contributed by atoms with Crippen molar-refractivity contribution >= 4 is 29.9 Å². The highest BCUT2D eigenvalue weighted by Crippen LogP contribution is 2.38. The van der Waals surface area contributed by atoms with E-state index in [0.29, 0.717) is 35.6 Å². The first-order chi connectivity index (χ1) is 12.5. The highest BCUT2D eigenvalue weighted by atomic mass is 127. The Kier molecular flexibility index (Phi) is 10.0. The van der Waals surface area contributed by atoms with Crippen LogP contribution in [-0.2, 0) is 6.54 Å². The summed E-state index contributed by atoms with van der Waals surface area (Å²) in [5.41, 5.74) is 1.02. The first-order valence-electron chi connectivity index (χ1n) is 9.34. The summed E-state index contributed by atoms with van der Waals surface area (Å²) >= 11 is 0. The number of hydrogen-bond acceptors (Lipinski definition) is 4. The van der Waals surface area contributed by atoms with E-state index in [-0.39, 0.29) is 24.0 Å². The number of hydrogen-bond donors (Lipinski definition) is 1. The van der Waals surface area contributed by atoms with Gasteiger partial charge in [-0.1, -0.05) is 13.8 Å². The van der Waals surface area contributed by atoms with Gasteiger partial charge in [0.05, 0.1) is 27.9 Å². The van der Waals surface area contributed by atoms with E-state index in [0.717, 1.165) is 31.2 Å². The van der Waals surface area contributed by atoms with Gasteiger partial charge in [0.2, 0.25) is 5.75 Å². The third-order valence-corrected chi connectivity index (χ3v) is 4.64. The van der Waals surface area contributed by atoms with E-state index in [1.54, 1.807) is 21.3 Å². The summed E-state index contributed by atoms with van der Waals surface area (Å²) in [6.07, 6.45) is 1.28. The molecule has 1 aliphatic rings. The number of likely N-dealkylation sites (tertiary alicyclic amines) is 1. The number of nitrogens with zero attached hydrogens (tertiary/aromatic N) is 2. The maximum absolute atomic E-state index is 5.44. The molecular weight excluding hydrogens is 457 g/mol. The van der Waals surface area contributed by atoms with Crippen molar-refractivity contribution in [2.45, 2.75) is 33.7 Å². The van der Waals surface area contributed by atoms with Crippen LogP contribution in [0.4, 0.5) is 0 Å². The second-order valence-corrected chi connectivity index (χ2v) is 7.05. The maximum Gasteiger partial charge on any atom is 0.203 e. The molecule has 0 radical (unpaired) electrons. The Morgan fingerprint density at radius 2 is 1.63 bits per heavy atom. The number of piperidine rings is 1. The summed E-state index contributed by atoms with van der Waals surface area (Å²) in [5, 5.41) is 3.43. The predicted molar refractivity (Wildman–Crippen MR) is 121 cm³/mol. The van der Waals surface area contributed by atoms with Crippen LogP contribution in [0, 0.1) is 11.8 Å². The van der Waals surface area contributed by atoms with Gasteiger partial charge in [0.15, 0.2) is 17.5 Å². The summed E-state index contributed by atoms with van der Waals surface area (Å²) in [5.74, 6) is 4.25. The molecule has 7 heteroatoms. The number of halogens is 1. The number of methoxy groups -OCH3 is 3. The molecule has 0 amide bonds. The molecule has 0 aliphatic carbocycles. The zero-order valence-electron chi connectivity index (χ0n) is 17.4. The molecule has 2 atom stereocenters. The second kappa shape index (κ2) is 11.5. The lowest BCUT2D eigenvalue weighted by Crippen LogP contribution is -2.48. The molecule has 154 valence electrons. The third kappa shape index (κ3) is 6.33. The lowest BCUT2D eigenvalue weighted by Gasteiger charge is -2.37. The van der Waals surface area contributed by atoms with Crippen molar-refractivity contribution in [1.29, 1.82) is 0 Å². The molecule has 1 heterocycles. The van der Waals surface area contributed by atoms with Gasteiger partial charge in [-0.3, -0.25) is 0 Å². The van der Waals surface area contributed by atoms with E-state index in [9.17, 15) is 0 Å². The number of nitrogens with one attached hydrogen (secondary N) is 1. The van der Waals surface area contributed by atoms with Gasteiger partial charge < -0.3 is 24.4 Å². The Morgan fingerprint density at radius 1 is 1.07 bits per heavy atom. The van der Waals surface area contributed by atoms with Crippen LogP contribution in [0.3, 0.4) is 0 Å². The normalized spacial score (nSPS) is 19.9. The number of ether oxygens (including phenoxy) is 3. The van der Waals surface area contributed by atoms with Gasteiger partial charge in [-0.25, -0.2) is 4.99 Å². The largest absolute Gasteiger partial charge is 0.493 e. The monoisotopic (exact) mass is 491 g/mol. The predicted octanol–water partition coefficient (Wildman–Crippen LogP) is 3.77. The minimum Gasteiger partial charge on any atom is -0.493 e. The van der Waals surface area contributed by atoms with Crippen molar-refractivity contribution in [3.05, 3.63) is 17.7 Å². The fourth-order valence-corrected chi connectivity index (χ4v) is 3.65. The van der Waals surface area contributed by atoms with Crippen molar-refractivity contribution < 1.29 is 14.2 Å². The molecule has 6 nitrogen and oxygen atoms in total. The lowest BCUT2D eigenvalue weighted by atomic mass is 9.92. The van der Waals surface area contributed by atoms with Gasteiger partial charge in [-0.05, 0) is 42.9 Å². The number of guanidine groups is 1. The Balaban J connectivity index is 0.00000364. The van der Waals surface area contributed by atoms with Crippen molar-refractivity contribution in [1.82, 2.24) is 10.2 Å². The molecule has 0 saturated carbocycles. The Bertz CT molecular complexity index is 589. The van der Waals surface area contributed by atoms with Crippen LogP contribution in [0.5, 0.6) is 17.2 Å². The van der Waals surface area contributed by atoms with Crippen LogP contribution in [0.1, 0.15) is 32.8 Å². The van der Waals surface area contributed by atoms with E-state index >= 15 is 0 Å². The van der Waals surface area contributed by atoms with E-state index in [2.05, 4.69) is 31.0 Å². The van der Waals surface area contributed by atoms with E-state index in [4.69, 9.17) is 19.2 Å². The van der Waals surface area contributed by atoms with E-state index in [1.807, 2.05) is 12.1 Å². The molecule has 1 aromatic carbocycles. The van der Waals surface area contributed by atoms with Crippen LogP contribution < -0.4 is 19.5 Å². The van der Waals surface area contributed by atoms with Crippen LogP contribution in [0.2, 0.25) is 0 Å². The van der Waals surface area contributed by atoms with Gasteiger partial charge in [0.25, 0.3) is 0 Å². The van der Waals surface area contributed by atoms with Crippen LogP contribution in [-0.4, -0.2) is 51.8 Å². The number of rotatable bonds is 6. The van der Waals surface area contributed by atoms with Gasteiger partial charge in [0, 0.05) is 19.6 Å². The number of benzene rings is 1. The summed E-state index contributed by atoms with van der Waals surface area (Å²) in [7, 11) is 4.87. The second-order valence-electron chi connectivity index (χ2n) is 7.05. The average Bonchev–Trinajstić information content (AvgIpc) is 2.63. The molecule has 1 N–H and O–H groups in total. The van der Waals surface area contributed by atoms with E-state index in [1.165, 1.54) is 6.42 Å². The third-order valence-electron chi connectivity index (χ3n) is 4.64. The zero-order chi connectivity index (χ0) is 19.1. The van der Waals surface area contributed by atoms with Crippen molar-refractivity contribution in [2.75, 3.05) is 41.0 Å². The highest BCUT2D eigenvalue weighted by Gasteiger charge is 2.24. The molecule has 1 aromatic rings. The zero-order valence-corrected chi connectivity index (χ0v) is 19.7. The Morgan fingerprint density at radius 3 is 2.07 bits per heavy atom. The standard InChI is InChI=1S/C20H33N3O3.HI/c1-7-21-20(23-12-14(2)8-15(3)13-23)22-11-16-9-17(24-4)19(26-6)18(10-16)25-5;/h9-10,14-15H,7-8,11-13H2,1-6H3,(H,21,22);1H. The number of aliphatic imine (C=N–C) groups is 1. The summed E-state index contributed by atoms with van der Waals surface area (Å²) < 4.78 is 16.3. The fraction of sp³-hybridized carbons (Fsp3) is 0.650. The van der Waals surface area contributed by atoms with Crippen molar-refractivity contribution in [2.24, 2.45) is 16.8 Å². The summed E-state index contributed by atoms with van der Waals surface area (Å²) in [6.45, 7) is 10.2. The van der Waals surface area contributed by atoms with Gasteiger partial charge >= 0.3 is 0 Å². The molecule has 1 aliphatic heterocycles. The first-order valence-corrected chi connectivity index (χ1v) is 9.34. The molecular formula is C20H34IN3O3. The molecule has 1 fully saturated rings. The molecule has 0 aromatic heterocycles. The molecule has 2 unspecified atom stereocenters. The van der Waals surface area contributed by atoms with E-state index < -0.39 is 0 Å². The van der Waals surface area contributed by atoms with Gasteiger partial charge in [0.1, 0.15) is 0 Å². The fourth-order valence-electron chi connectivity index (χ4n) is 3.65. The Labute approximate surface area is 180 Å². The minimum atomic E-state index is 0. The summed E-state index contributed by atoms with van der Waals surface area (Å²) in [4.78, 5) is 7.24. The van der Waals surface area contributed by atoms with Crippen LogP contribution in [0.25, 0.3) is 0 Å². The minimum absolute atomic E-state index is 0. The van der Waals surface area contributed by atoms with Gasteiger partial charge in [-0.2, -0.15) is 0 Å². The smallest absolute Gasteiger partial charge is 0.203 e. The summed E-state index contributed by atoms with van der Waals surface area (Å²) in [6, 6.07) is 3.91. The molecule has 0 bridgehead atoms. The van der Waals surface area contributed by atoms with Crippen LogP contribution >= 0.6 is 24.0 Å². The highest BCUT2D eigenvalue weighted by molar-refractivity contribution is 14.0. The molecule has 2 rings (SSSR count). The van der Waals surface area contributed by atoms with Crippen molar-refractivity contribution in [3.8, 4) is 17.2 Å². The lowest BCUT2D eigenvalue weighted by molar-refractivity contribution is 0.208. The van der Waals surface area contributed by atoms with Crippen molar-refractivity contribution in [3.63, 3.8) is 0 Å². The first kappa shape index (κ1) is 23.7. The topological polar surface area (TPSA) is 55.3 Å². The van der Waals surface area contributed by atoms with Gasteiger partial charge in [-0.15, -0.1) is 24.0 Å². The quantitative estimate of drug-likeness (QED) is 0.373. The molecule has 1 saturated heterocycles. The SMILES string of the molecule is CCNC(=NCc1cc(OC)c(OC)c(OC)c1)N1CC(C)CC(C)C1.I. The molecule has 0 spiro atoms. The van der Waals surface area contributed by atoms with Crippen LogP contribution in [0.15, 0.2) is 17.1 Å². The molecule has 27 heavy (non-hydrogen) atoms. The maximum atomic E-state index is 5.44.